The van der Waals surface area contributed by atoms with Crippen molar-refractivity contribution in [3.8, 4) is 5.75 Å². The highest BCUT2D eigenvalue weighted by atomic mass is 16.5. The molecule has 0 spiro atoms. The Kier molecular flexibility index (Phi) is 6.15. The standard InChI is InChI=1S/C18H23N5O4/c1-27-14-4-2-3-13(11-14)23-17(25)15(16(24)21-18(23)26)12-20-7-10-22-8-5-19-6-9-22/h2-4,11-12,15,19H,5-10H2,1H3,(H,21,24,26)/t15-/m0/s1. The number of aliphatic imine (C=N–C) groups is 1. The minimum absolute atomic E-state index is 0.337. The van der Waals surface area contributed by atoms with Crippen LogP contribution in [0.1, 0.15) is 0 Å². The lowest BCUT2D eigenvalue weighted by Crippen LogP contribution is -2.58. The van der Waals surface area contributed by atoms with E-state index in [0.717, 1.165) is 37.6 Å². The molecule has 0 unspecified atom stereocenters. The number of benzene rings is 1. The van der Waals surface area contributed by atoms with Gasteiger partial charge in [-0.1, -0.05) is 6.07 Å². The van der Waals surface area contributed by atoms with Gasteiger partial charge in [-0.15, -0.1) is 0 Å². The molecule has 27 heavy (non-hydrogen) atoms. The van der Waals surface area contributed by atoms with Gasteiger partial charge in [0, 0.05) is 45.0 Å². The van der Waals surface area contributed by atoms with Gasteiger partial charge in [0.05, 0.1) is 19.3 Å². The first-order chi connectivity index (χ1) is 13.1. The average Bonchev–Trinajstić information content (AvgIpc) is 2.68. The molecule has 2 heterocycles. The molecule has 1 aromatic rings. The topological polar surface area (TPSA) is 103 Å². The van der Waals surface area contributed by atoms with Crippen LogP contribution >= 0.6 is 0 Å². The third-order valence-corrected chi connectivity index (χ3v) is 4.52. The summed E-state index contributed by atoms with van der Waals surface area (Å²) in [5.74, 6) is -1.90. The Morgan fingerprint density at radius 1 is 1.26 bits per heavy atom. The predicted octanol–water partition coefficient (Wildman–Crippen LogP) is -0.130. The molecule has 144 valence electrons. The highest BCUT2D eigenvalue weighted by Crippen LogP contribution is 2.24. The second-order valence-electron chi connectivity index (χ2n) is 6.29. The molecule has 4 amide bonds. The van der Waals surface area contributed by atoms with Crippen molar-refractivity contribution in [1.29, 1.82) is 0 Å². The van der Waals surface area contributed by atoms with Gasteiger partial charge >= 0.3 is 6.03 Å². The minimum atomic E-state index is -1.13. The molecule has 0 saturated carbocycles. The van der Waals surface area contributed by atoms with Gasteiger partial charge in [-0.05, 0) is 12.1 Å². The van der Waals surface area contributed by atoms with E-state index in [2.05, 4.69) is 20.5 Å². The lowest BCUT2D eigenvalue weighted by atomic mass is 10.1. The summed E-state index contributed by atoms with van der Waals surface area (Å²) in [5.41, 5.74) is 0.337. The zero-order valence-corrected chi connectivity index (χ0v) is 15.2. The maximum Gasteiger partial charge on any atom is 0.335 e. The predicted molar refractivity (Wildman–Crippen MR) is 100 cm³/mol. The van der Waals surface area contributed by atoms with Crippen LogP contribution in [-0.2, 0) is 9.59 Å². The number of amides is 4. The molecule has 9 heteroatoms. The Hall–Kier alpha value is -2.78. The van der Waals surface area contributed by atoms with E-state index in [-0.39, 0.29) is 0 Å². The molecule has 2 aliphatic rings. The second-order valence-corrected chi connectivity index (χ2v) is 6.29. The molecule has 0 aromatic heterocycles. The zero-order valence-electron chi connectivity index (χ0n) is 15.2. The largest absolute Gasteiger partial charge is 0.497 e. The van der Waals surface area contributed by atoms with Gasteiger partial charge in [-0.25, -0.2) is 9.69 Å². The molecule has 2 N–H and O–H groups in total. The van der Waals surface area contributed by atoms with Crippen LogP contribution < -0.4 is 20.3 Å². The number of barbiturate groups is 1. The number of urea groups is 1. The SMILES string of the molecule is COc1cccc(N2C(=O)NC(=O)[C@H](C=NCCN3CCNCC3)C2=O)c1. The minimum Gasteiger partial charge on any atom is -0.497 e. The molecule has 9 nitrogen and oxygen atoms in total. The fourth-order valence-electron chi connectivity index (χ4n) is 3.03. The van der Waals surface area contributed by atoms with Gasteiger partial charge in [-0.3, -0.25) is 24.8 Å². The van der Waals surface area contributed by atoms with Gasteiger partial charge in [0.25, 0.3) is 5.91 Å². The molecule has 2 saturated heterocycles. The Morgan fingerprint density at radius 2 is 2.04 bits per heavy atom. The molecule has 0 aliphatic carbocycles. The van der Waals surface area contributed by atoms with Crippen LogP contribution in [0.15, 0.2) is 29.3 Å². The fraction of sp³-hybridized carbons (Fsp3) is 0.444. The average molecular weight is 373 g/mol. The quantitative estimate of drug-likeness (QED) is 0.532. The van der Waals surface area contributed by atoms with Crippen molar-refractivity contribution in [3.05, 3.63) is 24.3 Å². The van der Waals surface area contributed by atoms with Crippen LogP contribution in [0.3, 0.4) is 0 Å². The van der Waals surface area contributed by atoms with Crippen molar-refractivity contribution in [1.82, 2.24) is 15.5 Å². The van der Waals surface area contributed by atoms with Gasteiger partial charge in [0.15, 0.2) is 5.92 Å². The third-order valence-electron chi connectivity index (χ3n) is 4.52. The Labute approximate surface area is 157 Å². The lowest BCUT2D eigenvalue weighted by molar-refractivity contribution is -0.131. The van der Waals surface area contributed by atoms with Crippen molar-refractivity contribution < 1.29 is 19.1 Å². The van der Waals surface area contributed by atoms with Gasteiger partial charge in [0.1, 0.15) is 5.75 Å². The normalized spacial score (nSPS) is 21.6. The molecular weight excluding hydrogens is 350 g/mol. The highest BCUT2D eigenvalue weighted by Gasteiger charge is 2.40. The van der Waals surface area contributed by atoms with Gasteiger partial charge < -0.3 is 10.1 Å². The van der Waals surface area contributed by atoms with E-state index in [1.54, 1.807) is 24.3 Å². The van der Waals surface area contributed by atoms with Crippen LogP contribution in [0.4, 0.5) is 10.5 Å². The number of hydrogen-bond donors (Lipinski definition) is 2. The summed E-state index contributed by atoms with van der Waals surface area (Å²) in [4.78, 5) is 44.5. The van der Waals surface area contributed by atoms with E-state index in [0.29, 0.717) is 18.0 Å². The number of carbonyl (C=O) groups is 3. The van der Waals surface area contributed by atoms with Crippen LogP contribution in [0.2, 0.25) is 0 Å². The van der Waals surface area contributed by atoms with Crippen LogP contribution in [0.25, 0.3) is 0 Å². The van der Waals surface area contributed by atoms with E-state index in [1.165, 1.54) is 13.3 Å². The number of piperazine rings is 1. The van der Waals surface area contributed by atoms with Gasteiger partial charge in [-0.2, -0.15) is 0 Å². The first-order valence-electron chi connectivity index (χ1n) is 8.86. The Morgan fingerprint density at radius 3 is 2.78 bits per heavy atom. The van der Waals surface area contributed by atoms with Crippen molar-refractivity contribution in [2.75, 3.05) is 51.3 Å². The lowest BCUT2D eigenvalue weighted by Gasteiger charge is -2.29. The molecule has 2 fully saturated rings. The van der Waals surface area contributed by atoms with Crippen molar-refractivity contribution >= 4 is 29.7 Å². The van der Waals surface area contributed by atoms with Crippen molar-refractivity contribution in [2.45, 2.75) is 0 Å². The number of methoxy groups -OCH3 is 1. The molecule has 2 aliphatic heterocycles. The smallest absolute Gasteiger partial charge is 0.335 e. The number of nitrogens with one attached hydrogen (secondary N) is 2. The number of rotatable bonds is 6. The van der Waals surface area contributed by atoms with E-state index in [1.807, 2.05) is 0 Å². The summed E-state index contributed by atoms with van der Waals surface area (Å²) in [6.07, 6.45) is 1.33. The van der Waals surface area contributed by atoms with Crippen molar-refractivity contribution in [2.24, 2.45) is 10.9 Å². The van der Waals surface area contributed by atoms with Crippen LogP contribution in [0, 0.1) is 5.92 Å². The highest BCUT2D eigenvalue weighted by molar-refractivity contribution is 6.32. The summed E-state index contributed by atoms with van der Waals surface area (Å²) < 4.78 is 5.13. The van der Waals surface area contributed by atoms with Crippen molar-refractivity contribution in [3.63, 3.8) is 0 Å². The number of imide groups is 2. The third kappa shape index (κ3) is 4.50. The number of nitrogens with zero attached hydrogens (tertiary/aromatic N) is 3. The van der Waals surface area contributed by atoms with E-state index < -0.39 is 23.8 Å². The Bertz CT molecular complexity index is 745. The first-order valence-corrected chi connectivity index (χ1v) is 8.86. The first kappa shape index (κ1) is 19.0. The molecule has 1 aromatic carbocycles. The molecule has 1 atom stereocenters. The van der Waals surface area contributed by atoms with E-state index >= 15 is 0 Å². The fourth-order valence-corrected chi connectivity index (χ4v) is 3.03. The molecule has 0 radical (unpaired) electrons. The Balaban J connectivity index is 1.67. The zero-order chi connectivity index (χ0) is 19.2. The summed E-state index contributed by atoms with van der Waals surface area (Å²) in [6.45, 7) is 5.06. The maximum atomic E-state index is 12.7. The molecular formula is C18H23N5O4. The summed E-state index contributed by atoms with van der Waals surface area (Å²) in [6, 6.07) is 5.77. The summed E-state index contributed by atoms with van der Waals surface area (Å²) in [5, 5.41) is 5.49. The number of anilines is 1. The second kappa shape index (κ2) is 8.74. The van der Waals surface area contributed by atoms with Gasteiger partial charge in [0.2, 0.25) is 5.91 Å². The molecule has 3 rings (SSSR count). The molecule has 0 bridgehead atoms. The number of carbonyl (C=O) groups excluding carboxylic acids is 3. The maximum absolute atomic E-state index is 12.7. The number of hydrogen-bond acceptors (Lipinski definition) is 7. The van der Waals surface area contributed by atoms with E-state index in [9.17, 15) is 14.4 Å². The monoisotopic (exact) mass is 373 g/mol. The van der Waals surface area contributed by atoms with Crippen LogP contribution in [0.5, 0.6) is 5.75 Å². The van der Waals surface area contributed by atoms with Crippen LogP contribution in [-0.4, -0.2) is 75.3 Å². The number of ether oxygens (including phenoxy) is 1. The summed E-state index contributed by atoms with van der Waals surface area (Å²) >= 11 is 0. The summed E-state index contributed by atoms with van der Waals surface area (Å²) in [7, 11) is 1.49. The van der Waals surface area contributed by atoms with E-state index in [4.69, 9.17) is 4.74 Å².